The fraction of sp³-hybridized carbons (Fsp3) is 0.286. The molecule has 118 valence electrons. The number of pyridine rings is 1. The van der Waals surface area contributed by atoms with Crippen LogP contribution in [0.25, 0.3) is 10.9 Å². The second kappa shape index (κ2) is 5.64. The number of aromatic nitrogens is 1. The Hall–Kier alpha value is -2.02. The number of fused-ring (bicyclic) bond motifs is 1. The number of rotatable bonds is 3. The maximum Gasteiger partial charge on any atom is 0.418 e. The summed E-state index contributed by atoms with van der Waals surface area (Å²) in [6.45, 7) is 3.20. The van der Waals surface area contributed by atoms with Crippen molar-refractivity contribution in [1.29, 1.82) is 0 Å². The van der Waals surface area contributed by atoms with Crippen LogP contribution in [0.5, 0.6) is 0 Å². The standard InChI is InChI=1S/C14H12ClF3N2O2/c1-3-19-12-8-4-7(15)5-9(14(16,17)18)11(8)20-13(22)10(12)6(2)21/h4-5H,3H2,1-2H3,(H2,19,20,22). The zero-order valence-electron chi connectivity index (χ0n) is 11.7. The third-order valence-corrected chi connectivity index (χ3v) is 3.32. The highest BCUT2D eigenvalue weighted by Gasteiger charge is 2.34. The van der Waals surface area contributed by atoms with Gasteiger partial charge in [-0.3, -0.25) is 9.59 Å². The molecular formula is C14H12ClF3N2O2. The highest BCUT2D eigenvalue weighted by Crippen LogP contribution is 2.38. The molecule has 0 aliphatic rings. The Bertz CT molecular complexity index is 812. The van der Waals surface area contributed by atoms with Gasteiger partial charge in [-0.2, -0.15) is 13.2 Å². The summed E-state index contributed by atoms with van der Waals surface area (Å²) < 4.78 is 39.4. The number of carbonyl (C=O) groups excluding carboxylic acids is 1. The lowest BCUT2D eigenvalue weighted by Gasteiger charge is -2.16. The van der Waals surface area contributed by atoms with Gasteiger partial charge in [-0.1, -0.05) is 11.6 Å². The number of nitrogens with one attached hydrogen (secondary N) is 2. The van der Waals surface area contributed by atoms with Gasteiger partial charge in [0, 0.05) is 17.0 Å². The normalized spacial score (nSPS) is 11.7. The first kappa shape index (κ1) is 16.4. The van der Waals surface area contributed by atoms with E-state index in [-0.39, 0.29) is 21.7 Å². The molecule has 0 unspecified atom stereocenters. The Morgan fingerprint density at radius 3 is 2.50 bits per heavy atom. The zero-order chi connectivity index (χ0) is 16.7. The summed E-state index contributed by atoms with van der Waals surface area (Å²) in [5.41, 5.74) is -2.49. The topological polar surface area (TPSA) is 62.0 Å². The lowest BCUT2D eigenvalue weighted by Crippen LogP contribution is -2.21. The van der Waals surface area contributed by atoms with E-state index in [2.05, 4.69) is 10.3 Å². The average molecular weight is 333 g/mol. The molecule has 0 bridgehead atoms. The van der Waals surface area contributed by atoms with Gasteiger partial charge in [0.25, 0.3) is 5.56 Å². The number of halogens is 4. The van der Waals surface area contributed by atoms with Crippen LogP contribution in [0, 0.1) is 0 Å². The van der Waals surface area contributed by atoms with E-state index in [0.717, 1.165) is 6.07 Å². The molecule has 0 saturated carbocycles. The predicted octanol–water partition coefficient (Wildman–Crippen LogP) is 3.83. The van der Waals surface area contributed by atoms with Crippen molar-refractivity contribution in [3.8, 4) is 0 Å². The largest absolute Gasteiger partial charge is 0.418 e. The second-order valence-electron chi connectivity index (χ2n) is 4.66. The van der Waals surface area contributed by atoms with Gasteiger partial charge in [0.2, 0.25) is 0 Å². The van der Waals surface area contributed by atoms with E-state index in [1.807, 2.05) is 0 Å². The Labute approximate surface area is 128 Å². The number of hydrogen-bond acceptors (Lipinski definition) is 3. The summed E-state index contributed by atoms with van der Waals surface area (Å²) in [6, 6.07) is 2.02. The van der Waals surface area contributed by atoms with Gasteiger partial charge in [-0.25, -0.2) is 0 Å². The van der Waals surface area contributed by atoms with Crippen molar-refractivity contribution >= 4 is 34.0 Å². The van der Waals surface area contributed by atoms with Crippen molar-refractivity contribution in [3.05, 3.63) is 38.6 Å². The molecule has 2 rings (SSSR count). The summed E-state index contributed by atoms with van der Waals surface area (Å²) in [6.07, 6.45) is -4.69. The van der Waals surface area contributed by atoms with Gasteiger partial charge in [0.1, 0.15) is 5.56 Å². The van der Waals surface area contributed by atoms with Crippen molar-refractivity contribution in [2.45, 2.75) is 20.0 Å². The summed E-state index contributed by atoms with van der Waals surface area (Å²) >= 11 is 5.77. The fourth-order valence-electron chi connectivity index (χ4n) is 2.28. The minimum absolute atomic E-state index is 0.0477. The van der Waals surface area contributed by atoms with Crippen LogP contribution in [-0.4, -0.2) is 17.3 Å². The molecule has 0 aliphatic carbocycles. The Morgan fingerprint density at radius 1 is 1.36 bits per heavy atom. The van der Waals surface area contributed by atoms with Crippen LogP contribution < -0.4 is 10.9 Å². The van der Waals surface area contributed by atoms with Crippen molar-refractivity contribution in [2.24, 2.45) is 0 Å². The lowest BCUT2D eigenvalue weighted by molar-refractivity contribution is -0.136. The molecule has 22 heavy (non-hydrogen) atoms. The molecule has 0 spiro atoms. The summed E-state index contributed by atoms with van der Waals surface area (Å²) in [5, 5.41) is 2.69. The van der Waals surface area contributed by atoms with Crippen LogP contribution in [0.3, 0.4) is 0 Å². The van der Waals surface area contributed by atoms with Gasteiger partial charge in [0.15, 0.2) is 5.78 Å². The van der Waals surface area contributed by atoms with Crippen LogP contribution in [0.1, 0.15) is 29.8 Å². The van der Waals surface area contributed by atoms with Gasteiger partial charge in [-0.05, 0) is 26.0 Å². The maximum atomic E-state index is 13.1. The lowest BCUT2D eigenvalue weighted by atomic mass is 10.0. The number of carbonyl (C=O) groups is 1. The molecule has 2 aromatic rings. The smallest absolute Gasteiger partial charge is 0.384 e. The molecule has 1 heterocycles. The van der Waals surface area contributed by atoms with Crippen LogP contribution in [0.4, 0.5) is 18.9 Å². The van der Waals surface area contributed by atoms with E-state index in [1.165, 1.54) is 13.0 Å². The number of ketones is 1. The molecule has 1 aromatic heterocycles. The Balaban J connectivity index is 3.03. The first-order valence-electron chi connectivity index (χ1n) is 6.38. The van der Waals surface area contributed by atoms with Crippen LogP contribution >= 0.6 is 11.6 Å². The van der Waals surface area contributed by atoms with Crippen molar-refractivity contribution < 1.29 is 18.0 Å². The molecule has 8 heteroatoms. The highest BCUT2D eigenvalue weighted by molar-refractivity contribution is 6.31. The van der Waals surface area contributed by atoms with E-state index < -0.39 is 28.6 Å². The third kappa shape index (κ3) is 2.81. The third-order valence-electron chi connectivity index (χ3n) is 3.10. The van der Waals surface area contributed by atoms with E-state index in [0.29, 0.717) is 6.54 Å². The molecule has 2 N–H and O–H groups in total. The van der Waals surface area contributed by atoms with Crippen molar-refractivity contribution in [2.75, 3.05) is 11.9 Å². The minimum Gasteiger partial charge on any atom is -0.384 e. The first-order valence-corrected chi connectivity index (χ1v) is 6.76. The van der Waals surface area contributed by atoms with E-state index >= 15 is 0 Å². The summed E-state index contributed by atoms with van der Waals surface area (Å²) in [4.78, 5) is 25.8. The van der Waals surface area contributed by atoms with E-state index in [1.54, 1.807) is 6.92 Å². The molecule has 0 atom stereocenters. The Kier molecular flexibility index (Phi) is 4.19. The van der Waals surface area contributed by atoms with Crippen molar-refractivity contribution in [3.63, 3.8) is 0 Å². The fourth-order valence-corrected chi connectivity index (χ4v) is 2.50. The van der Waals surface area contributed by atoms with Gasteiger partial charge in [0.05, 0.1) is 16.8 Å². The van der Waals surface area contributed by atoms with Crippen LogP contribution in [-0.2, 0) is 6.18 Å². The number of H-pyrrole nitrogens is 1. The number of anilines is 1. The van der Waals surface area contributed by atoms with Gasteiger partial charge in [-0.15, -0.1) is 0 Å². The molecule has 0 amide bonds. The van der Waals surface area contributed by atoms with Crippen LogP contribution in [0.15, 0.2) is 16.9 Å². The monoisotopic (exact) mass is 332 g/mol. The number of benzene rings is 1. The quantitative estimate of drug-likeness (QED) is 0.840. The molecule has 1 aromatic carbocycles. The number of aromatic amines is 1. The summed E-state index contributed by atoms with van der Waals surface area (Å²) in [5.74, 6) is -0.548. The molecular weight excluding hydrogens is 321 g/mol. The van der Waals surface area contributed by atoms with Crippen molar-refractivity contribution in [1.82, 2.24) is 4.98 Å². The SMILES string of the molecule is CCNc1c(C(C)=O)c(=O)[nH]c2c(C(F)(F)F)cc(Cl)cc12. The minimum atomic E-state index is -4.69. The number of hydrogen-bond donors (Lipinski definition) is 2. The maximum absolute atomic E-state index is 13.1. The average Bonchev–Trinajstić information content (AvgIpc) is 2.37. The molecule has 4 nitrogen and oxygen atoms in total. The number of Topliss-reactive ketones (excluding diaryl/α,β-unsaturated/α-hetero) is 1. The Morgan fingerprint density at radius 2 is 2.00 bits per heavy atom. The summed E-state index contributed by atoms with van der Waals surface area (Å²) in [7, 11) is 0. The molecule has 0 aliphatic heterocycles. The van der Waals surface area contributed by atoms with Gasteiger partial charge < -0.3 is 10.3 Å². The van der Waals surface area contributed by atoms with E-state index in [9.17, 15) is 22.8 Å². The first-order chi connectivity index (χ1) is 10.2. The second-order valence-corrected chi connectivity index (χ2v) is 5.10. The number of alkyl halides is 3. The zero-order valence-corrected chi connectivity index (χ0v) is 12.4. The van der Waals surface area contributed by atoms with Crippen LogP contribution in [0.2, 0.25) is 5.02 Å². The predicted molar refractivity (Wildman–Crippen MR) is 78.7 cm³/mol. The van der Waals surface area contributed by atoms with Gasteiger partial charge >= 0.3 is 6.18 Å². The highest BCUT2D eigenvalue weighted by atomic mass is 35.5. The molecule has 0 saturated heterocycles. The van der Waals surface area contributed by atoms with E-state index in [4.69, 9.17) is 11.6 Å². The molecule has 0 radical (unpaired) electrons. The molecule has 0 fully saturated rings.